The number of allylic oxidation sites excluding steroid dienone is 2. The van der Waals surface area contributed by atoms with Gasteiger partial charge in [0.1, 0.15) is 11.7 Å². The average molecular weight is 340 g/mol. The number of hydrogen-bond donors (Lipinski definition) is 0. The molecule has 6 heteroatoms. The van der Waals surface area contributed by atoms with Crippen molar-refractivity contribution in [3.05, 3.63) is 53.1 Å². The molecule has 0 N–H and O–H groups in total. The van der Waals surface area contributed by atoms with Gasteiger partial charge in [-0.25, -0.2) is 4.39 Å². The first kappa shape index (κ1) is 16.9. The second-order valence-electron chi connectivity index (χ2n) is 6.32. The highest BCUT2D eigenvalue weighted by Crippen LogP contribution is 2.50. The first-order chi connectivity index (χ1) is 11.3. The number of hydrogen-bond acceptors (Lipinski definition) is 2. The molecule has 0 saturated carbocycles. The van der Waals surface area contributed by atoms with Crippen molar-refractivity contribution in [1.82, 2.24) is 4.90 Å². The van der Waals surface area contributed by atoms with Crippen molar-refractivity contribution in [2.75, 3.05) is 25.0 Å². The van der Waals surface area contributed by atoms with E-state index in [1.165, 1.54) is 18.2 Å². The van der Waals surface area contributed by atoms with E-state index < -0.39 is 17.9 Å². The Balaban J connectivity index is 2.19. The van der Waals surface area contributed by atoms with Crippen LogP contribution in [-0.4, -0.2) is 31.2 Å². The molecule has 0 spiro atoms. The highest BCUT2D eigenvalue weighted by molar-refractivity contribution is 5.68. The largest absolute Gasteiger partial charge is 0.399 e. The van der Waals surface area contributed by atoms with Gasteiger partial charge in [0.05, 0.1) is 6.54 Å². The van der Waals surface area contributed by atoms with Crippen LogP contribution >= 0.6 is 0 Å². The lowest BCUT2D eigenvalue weighted by atomic mass is 9.82. The molecule has 3 rings (SSSR count). The molecule has 1 aromatic rings. The highest BCUT2D eigenvalue weighted by Gasteiger charge is 2.48. The zero-order valence-corrected chi connectivity index (χ0v) is 13.7. The van der Waals surface area contributed by atoms with Crippen molar-refractivity contribution in [2.24, 2.45) is 0 Å². The molecule has 0 aromatic heterocycles. The van der Waals surface area contributed by atoms with Crippen molar-refractivity contribution >= 4 is 5.69 Å². The fraction of sp³-hybridized carbons (Fsp3) is 0.444. The maximum atomic E-state index is 13.8. The Morgan fingerprint density at radius 3 is 2.67 bits per heavy atom. The van der Waals surface area contributed by atoms with Crippen LogP contribution in [0.3, 0.4) is 0 Å². The number of unbranched alkanes of at least 4 members (excludes halogenated alkanes) is 1. The van der Waals surface area contributed by atoms with Crippen LogP contribution in [-0.2, 0) is 0 Å². The van der Waals surface area contributed by atoms with E-state index in [1.807, 2.05) is 23.8 Å². The van der Waals surface area contributed by atoms with E-state index >= 15 is 0 Å². The summed E-state index contributed by atoms with van der Waals surface area (Å²) >= 11 is 0. The van der Waals surface area contributed by atoms with Gasteiger partial charge in [-0.2, -0.15) is 13.2 Å². The Kier molecular flexibility index (Phi) is 4.32. The SMILES string of the molecule is CCCCN1C2=C(C=CN(C)C2)C(C(F)(F)F)c2cc(F)ccc21. The molecule has 1 aromatic carbocycles. The molecule has 0 bridgehead atoms. The summed E-state index contributed by atoms with van der Waals surface area (Å²) in [5.74, 6) is -2.42. The van der Waals surface area contributed by atoms with Crippen molar-refractivity contribution in [1.29, 1.82) is 0 Å². The number of rotatable bonds is 3. The minimum atomic E-state index is -4.46. The van der Waals surface area contributed by atoms with E-state index in [0.717, 1.165) is 18.9 Å². The minimum Gasteiger partial charge on any atom is -0.375 e. The van der Waals surface area contributed by atoms with Crippen LogP contribution in [0.1, 0.15) is 31.2 Å². The molecule has 0 saturated heterocycles. The molecular weight excluding hydrogens is 320 g/mol. The van der Waals surface area contributed by atoms with Gasteiger partial charge in [0, 0.05) is 25.0 Å². The zero-order chi connectivity index (χ0) is 17.5. The number of benzene rings is 1. The van der Waals surface area contributed by atoms with Gasteiger partial charge in [-0.1, -0.05) is 13.3 Å². The van der Waals surface area contributed by atoms with Crippen molar-refractivity contribution in [3.8, 4) is 0 Å². The van der Waals surface area contributed by atoms with Crippen LogP contribution in [0.25, 0.3) is 0 Å². The normalized spacial score (nSPS) is 20.3. The summed E-state index contributed by atoms with van der Waals surface area (Å²) in [5, 5.41) is 0. The Morgan fingerprint density at radius 1 is 1.25 bits per heavy atom. The van der Waals surface area contributed by atoms with Gasteiger partial charge in [0.25, 0.3) is 0 Å². The summed E-state index contributed by atoms with van der Waals surface area (Å²) in [6.45, 7) is 3.08. The fourth-order valence-electron chi connectivity index (χ4n) is 3.43. The van der Waals surface area contributed by atoms with Crippen molar-refractivity contribution < 1.29 is 17.6 Å². The van der Waals surface area contributed by atoms with Gasteiger partial charge in [-0.15, -0.1) is 0 Å². The molecule has 130 valence electrons. The fourth-order valence-corrected chi connectivity index (χ4v) is 3.43. The first-order valence-corrected chi connectivity index (χ1v) is 8.08. The Morgan fingerprint density at radius 2 is 2.00 bits per heavy atom. The van der Waals surface area contributed by atoms with Crippen LogP contribution in [0.15, 0.2) is 41.7 Å². The zero-order valence-electron chi connectivity index (χ0n) is 13.7. The summed E-state index contributed by atoms with van der Waals surface area (Å²) < 4.78 is 55.0. The molecule has 1 unspecified atom stereocenters. The average Bonchev–Trinajstić information content (AvgIpc) is 2.50. The monoisotopic (exact) mass is 340 g/mol. The first-order valence-electron chi connectivity index (χ1n) is 8.08. The molecule has 2 aliphatic heterocycles. The maximum Gasteiger partial charge on any atom is 0.399 e. The van der Waals surface area contributed by atoms with Crippen LogP contribution in [0.4, 0.5) is 23.2 Å². The minimum absolute atomic E-state index is 0.00607. The second kappa shape index (κ2) is 6.15. The molecule has 2 nitrogen and oxygen atoms in total. The van der Waals surface area contributed by atoms with Gasteiger partial charge >= 0.3 is 6.18 Å². The summed E-state index contributed by atoms with van der Waals surface area (Å²) in [7, 11) is 1.83. The van der Waals surface area contributed by atoms with Gasteiger partial charge in [-0.3, -0.25) is 0 Å². The highest BCUT2D eigenvalue weighted by atomic mass is 19.4. The number of anilines is 1. The Hall–Kier alpha value is -1.98. The molecule has 0 fully saturated rings. The lowest BCUT2D eigenvalue weighted by Gasteiger charge is -2.42. The third kappa shape index (κ3) is 2.89. The van der Waals surface area contributed by atoms with Crippen LogP contribution < -0.4 is 4.90 Å². The molecule has 24 heavy (non-hydrogen) atoms. The van der Waals surface area contributed by atoms with Crippen molar-refractivity contribution in [3.63, 3.8) is 0 Å². The summed E-state index contributed by atoms with van der Waals surface area (Å²) in [4.78, 5) is 3.79. The van der Waals surface area contributed by atoms with E-state index in [2.05, 4.69) is 0 Å². The molecular formula is C18H20F4N2. The van der Waals surface area contributed by atoms with Crippen LogP contribution in [0, 0.1) is 5.82 Å². The quantitative estimate of drug-likeness (QED) is 0.729. The molecule has 2 aliphatic rings. The molecule has 0 aliphatic carbocycles. The van der Waals surface area contributed by atoms with E-state index in [9.17, 15) is 17.6 Å². The summed E-state index contributed by atoms with van der Waals surface area (Å²) in [6.07, 6.45) is 0.506. The van der Waals surface area contributed by atoms with Gasteiger partial charge in [0.15, 0.2) is 0 Å². The lowest BCUT2D eigenvalue weighted by Crippen LogP contribution is -2.40. The van der Waals surface area contributed by atoms with Gasteiger partial charge < -0.3 is 9.80 Å². The lowest BCUT2D eigenvalue weighted by molar-refractivity contribution is -0.141. The van der Waals surface area contributed by atoms with E-state index in [0.29, 0.717) is 24.5 Å². The molecule has 0 amide bonds. The molecule has 1 atom stereocenters. The predicted molar refractivity (Wildman–Crippen MR) is 86.2 cm³/mol. The third-order valence-electron chi connectivity index (χ3n) is 4.53. The van der Waals surface area contributed by atoms with Crippen LogP contribution in [0.2, 0.25) is 0 Å². The third-order valence-corrected chi connectivity index (χ3v) is 4.53. The second-order valence-corrected chi connectivity index (χ2v) is 6.32. The van der Waals surface area contributed by atoms with Gasteiger partial charge in [0.2, 0.25) is 0 Å². The van der Waals surface area contributed by atoms with Crippen molar-refractivity contribution in [2.45, 2.75) is 31.9 Å². The number of alkyl halides is 3. The van der Waals surface area contributed by atoms with E-state index in [4.69, 9.17) is 0 Å². The maximum absolute atomic E-state index is 13.8. The smallest absolute Gasteiger partial charge is 0.375 e. The molecule has 0 radical (unpaired) electrons. The topological polar surface area (TPSA) is 6.48 Å². The summed E-state index contributed by atoms with van der Waals surface area (Å²) in [5.41, 5.74) is 1.37. The number of nitrogens with zero attached hydrogens (tertiary/aromatic N) is 2. The predicted octanol–water partition coefficient (Wildman–Crippen LogP) is 4.80. The number of likely N-dealkylation sites (N-methyl/N-ethyl adjacent to an activating group) is 1. The van der Waals surface area contributed by atoms with Gasteiger partial charge in [-0.05, 0) is 48.0 Å². The van der Waals surface area contributed by atoms with Crippen LogP contribution in [0.5, 0.6) is 0 Å². The standard InChI is InChI=1S/C18H20F4N2/c1-3-4-8-24-15-6-5-12(19)10-14(15)17(18(20,21)22)13-7-9-23(2)11-16(13)24/h5-7,9-10,17H,3-4,8,11H2,1-2H3. The number of fused-ring (bicyclic) bond motifs is 1. The summed E-state index contributed by atoms with van der Waals surface area (Å²) in [6, 6.07) is 3.74. The number of halogens is 4. The Labute approximate surface area is 139 Å². The molecule has 2 heterocycles. The Bertz CT molecular complexity index is 691. The van der Waals surface area contributed by atoms with E-state index in [-0.39, 0.29) is 11.1 Å². The van der Waals surface area contributed by atoms with E-state index in [1.54, 1.807) is 6.20 Å².